The number of rotatable bonds is 4. The number of morpholine rings is 1. The number of carbonyl (C=O) groups is 1. The maximum absolute atomic E-state index is 13.9. The smallest absolute Gasteiger partial charge is 0.263 e. The summed E-state index contributed by atoms with van der Waals surface area (Å²) in [5.74, 6) is 0.638. The van der Waals surface area contributed by atoms with Gasteiger partial charge in [0.25, 0.3) is 5.56 Å². The molecule has 3 aromatic rings. The summed E-state index contributed by atoms with van der Waals surface area (Å²) >= 11 is 1.67. The standard InChI is InChI=1S/C26H30N4O3S/c1-17-14-18-6-2-4-8-20(18)30(17)23(31)16-29-22(15-28-10-12-33-13-11-28)27-25-24(26(29)32)19-7-3-5-9-21(19)34-25/h2,4,6,8,17H,3,5,7,9-16H2,1H3. The Morgan fingerprint density at radius 3 is 2.82 bits per heavy atom. The topological polar surface area (TPSA) is 67.7 Å². The normalized spacial score (nSPS) is 20.5. The summed E-state index contributed by atoms with van der Waals surface area (Å²) in [6, 6.07) is 8.15. The highest BCUT2D eigenvalue weighted by atomic mass is 32.1. The van der Waals surface area contributed by atoms with Gasteiger partial charge < -0.3 is 9.64 Å². The van der Waals surface area contributed by atoms with Crippen LogP contribution in [0.3, 0.4) is 0 Å². The molecule has 4 heterocycles. The second-order valence-electron chi connectivity index (χ2n) is 9.64. The predicted octanol–water partition coefficient (Wildman–Crippen LogP) is 3.15. The Hall–Kier alpha value is -2.55. The summed E-state index contributed by atoms with van der Waals surface area (Å²) in [4.78, 5) is 38.8. The third-order valence-electron chi connectivity index (χ3n) is 7.39. The van der Waals surface area contributed by atoms with Gasteiger partial charge in [-0.1, -0.05) is 18.2 Å². The van der Waals surface area contributed by atoms with Crippen LogP contribution >= 0.6 is 11.3 Å². The highest BCUT2D eigenvalue weighted by Crippen LogP contribution is 2.35. The molecule has 2 aliphatic heterocycles. The molecule has 0 bridgehead atoms. The summed E-state index contributed by atoms with van der Waals surface area (Å²) < 4.78 is 7.17. The molecule has 1 fully saturated rings. The van der Waals surface area contributed by atoms with Crippen molar-refractivity contribution < 1.29 is 9.53 Å². The molecule has 1 atom stereocenters. The molecule has 0 saturated carbocycles. The summed E-state index contributed by atoms with van der Waals surface area (Å²) in [7, 11) is 0. The van der Waals surface area contributed by atoms with Crippen molar-refractivity contribution in [3.8, 4) is 0 Å². The molecule has 1 amide bonds. The van der Waals surface area contributed by atoms with E-state index < -0.39 is 0 Å². The lowest BCUT2D eigenvalue weighted by atomic mass is 9.97. The van der Waals surface area contributed by atoms with Gasteiger partial charge in [-0.15, -0.1) is 11.3 Å². The lowest BCUT2D eigenvalue weighted by Crippen LogP contribution is -2.42. The van der Waals surface area contributed by atoms with E-state index in [2.05, 4.69) is 17.9 Å². The molecule has 1 aromatic carbocycles. The second kappa shape index (κ2) is 8.91. The Bertz CT molecular complexity index is 1310. The van der Waals surface area contributed by atoms with Crippen molar-refractivity contribution in [1.82, 2.24) is 14.5 Å². The number of thiophene rings is 1. The first kappa shape index (κ1) is 21.9. The average Bonchev–Trinajstić information content (AvgIpc) is 3.38. The van der Waals surface area contributed by atoms with E-state index in [1.807, 2.05) is 23.1 Å². The predicted molar refractivity (Wildman–Crippen MR) is 134 cm³/mol. The lowest BCUT2D eigenvalue weighted by molar-refractivity contribution is -0.119. The fraction of sp³-hybridized carbons (Fsp3) is 0.500. The van der Waals surface area contributed by atoms with E-state index >= 15 is 0 Å². The van der Waals surface area contributed by atoms with Crippen LogP contribution < -0.4 is 10.5 Å². The van der Waals surface area contributed by atoms with Gasteiger partial charge >= 0.3 is 0 Å². The number of benzene rings is 1. The number of ether oxygens (including phenoxy) is 1. The van der Waals surface area contributed by atoms with Crippen LogP contribution in [0.25, 0.3) is 10.2 Å². The minimum absolute atomic E-state index is 0.0186. The van der Waals surface area contributed by atoms with E-state index in [0.29, 0.717) is 25.6 Å². The fourth-order valence-corrected chi connectivity index (χ4v) is 6.95. The van der Waals surface area contributed by atoms with Crippen molar-refractivity contribution in [2.75, 3.05) is 31.2 Å². The molecule has 34 heavy (non-hydrogen) atoms. The maximum atomic E-state index is 13.9. The summed E-state index contributed by atoms with van der Waals surface area (Å²) in [6.07, 6.45) is 5.07. The first-order chi connectivity index (χ1) is 16.6. The van der Waals surface area contributed by atoms with Gasteiger partial charge in [-0.25, -0.2) is 4.98 Å². The molecule has 3 aliphatic rings. The van der Waals surface area contributed by atoms with Gasteiger partial charge in [0.15, 0.2) is 0 Å². The molecule has 0 radical (unpaired) electrons. The van der Waals surface area contributed by atoms with Crippen LogP contribution in [0.15, 0.2) is 29.1 Å². The molecular weight excluding hydrogens is 448 g/mol. The van der Waals surface area contributed by atoms with Crippen molar-refractivity contribution in [2.24, 2.45) is 0 Å². The van der Waals surface area contributed by atoms with E-state index in [-0.39, 0.29) is 24.1 Å². The molecule has 8 heteroatoms. The number of nitrogens with zero attached hydrogens (tertiary/aromatic N) is 4. The molecule has 0 spiro atoms. The molecule has 1 saturated heterocycles. The Kier molecular flexibility index (Phi) is 5.75. The largest absolute Gasteiger partial charge is 0.379 e. The van der Waals surface area contributed by atoms with Gasteiger partial charge in [-0.2, -0.15) is 0 Å². The first-order valence-corrected chi connectivity index (χ1v) is 13.2. The van der Waals surface area contributed by atoms with Gasteiger partial charge in [0.05, 0.1) is 25.1 Å². The Labute approximate surface area is 203 Å². The number of carbonyl (C=O) groups excluding carboxylic acids is 1. The zero-order valence-electron chi connectivity index (χ0n) is 19.6. The number of hydrogen-bond donors (Lipinski definition) is 0. The number of hydrogen-bond acceptors (Lipinski definition) is 6. The zero-order valence-corrected chi connectivity index (χ0v) is 20.4. The van der Waals surface area contributed by atoms with E-state index in [4.69, 9.17) is 9.72 Å². The fourth-order valence-electron chi connectivity index (χ4n) is 5.68. The van der Waals surface area contributed by atoms with Crippen LogP contribution in [-0.4, -0.2) is 52.7 Å². The van der Waals surface area contributed by atoms with E-state index in [1.165, 1.54) is 22.4 Å². The monoisotopic (exact) mass is 478 g/mol. The molecule has 0 N–H and O–H groups in total. The SMILES string of the molecule is CC1Cc2ccccc2N1C(=O)Cn1c(CN2CCOCC2)nc2sc3c(c2c1=O)CCCC3. The average molecular weight is 479 g/mol. The van der Waals surface area contributed by atoms with Gasteiger partial charge in [0.2, 0.25) is 5.91 Å². The van der Waals surface area contributed by atoms with Crippen molar-refractivity contribution in [3.63, 3.8) is 0 Å². The van der Waals surface area contributed by atoms with Crippen molar-refractivity contribution in [1.29, 1.82) is 0 Å². The van der Waals surface area contributed by atoms with Gasteiger partial charge in [-0.05, 0) is 56.2 Å². The Balaban J connectivity index is 1.41. The molecule has 1 unspecified atom stereocenters. The molecule has 7 nitrogen and oxygen atoms in total. The van der Waals surface area contributed by atoms with E-state index in [1.54, 1.807) is 15.9 Å². The minimum atomic E-state index is -0.0545. The lowest BCUT2D eigenvalue weighted by Gasteiger charge is -2.28. The third-order valence-corrected chi connectivity index (χ3v) is 8.58. The number of fused-ring (bicyclic) bond motifs is 4. The minimum Gasteiger partial charge on any atom is -0.379 e. The first-order valence-electron chi connectivity index (χ1n) is 12.3. The number of anilines is 1. The van der Waals surface area contributed by atoms with Crippen LogP contribution in [-0.2, 0) is 41.9 Å². The summed E-state index contributed by atoms with van der Waals surface area (Å²) in [5, 5.41) is 0.744. The summed E-state index contributed by atoms with van der Waals surface area (Å²) in [6.45, 7) is 5.62. The number of para-hydroxylation sites is 1. The Morgan fingerprint density at radius 2 is 1.97 bits per heavy atom. The Morgan fingerprint density at radius 1 is 1.18 bits per heavy atom. The quantitative estimate of drug-likeness (QED) is 0.576. The van der Waals surface area contributed by atoms with Crippen LogP contribution in [0, 0.1) is 0 Å². The molecule has 6 rings (SSSR count). The maximum Gasteiger partial charge on any atom is 0.263 e. The van der Waals surface area contributed by atoms with Crippen LogP contribution in [0.5, 0.6) is 0 Å². The summed E-state index contributed by atoms with van der Waals surface area (Å²) in [5.41, 5.74) is 3.26. The van der Waals surface area contributed by atoms with Crippen LogP contribution in [0.2, 0.25) is 0 Å². The van der Waals surface area contributed by atoms with Crippen LogP contribution in [0.4, 0.5) is 5.69 Å². The van der Waals surface area contributed by atoms with E-state index in [0.717, 1.165) is 54.7 Å². The van der Waals surface area contributed by atoms with Crippen molar-refractivity contribution >= 4 is 33.1 Å². The second-order valence-corrected chi connectivity index (χ2v) is 10.7. The number of amides is 1. The van der Waals surface area contributed by atoms with Crippen molar-refractivity contribution in [2.45, 2.75) is 58.2 Å². The van der Waals surface area contributed by atoms with Gasteiger partial charge in [-0.3, -0.25) is 19.1 Å². The molecular formula is C26H30N4O3S. The highest BCUT2D eigenvalue weighted by molar-refractivity contribution is 7.18. The molecule has 178 valence electrons. The van der Waals surface area contributed by atoms with Crippen LogP contribution in [0.1, 0.15) is 41.6 Å². The third kappa shape index (κ3) is 3.78. The number of aromatic nitrogens is 2. The molecule has 1 aliphatic carbocycles. The molecule has 2 aromatic heterocycles. The van der Waals surface area contributed by atoms with E-state index in [9.17, 15) is 9.59 Å². The highest BCUT2D eigenvalue weighted by Gasteiger charge is 2.32. The van der Waals surface area contributed by atoms with Gasteiger partial charge in [0, 0.05) is 29.7 Å². The van der Waals surface area contributed by atoms with Crippen molar-refractivity contribution in [3.05, 3.63) is 56.4 Å². The van der Waals surface area contributed by atoms with Gasteiger partial charge in [0.1, 0.15) is 17.2 Å². The zero-order chi connectivity index (χ0) is 23.2. The number of aryl methyl sites for hydroxylation is 2.